The minimum Gasteiger partial charge on any atom is -0.423 e. The molecule has 18 heavy (non-hydrogen) atoms. The fourth-order valence-electron chi connectivity index (χ4n) is 1.86. The Bertz CT molecular complexity index is 682. The van der Waals surface area contributed by atoms with Gasteiger partial charge in [0.15, 0.2) is 0 Å². The molecule has 1 heterocycles. The van der Waals surface area contributed by atoms with Crippen LogP contribution in [-0.2, 0) is 0 Å². The lowest BCUT2D eigenvalue weighted by molar-refractivity contribution is 0.426. The second-order valence-electron chi connectivity index (χ2n) is 3.96. The molecular weight excluding hydrogens is 229 g/mol. The maximum absolute atomic E-state index is 9.11. The number of rotatable bonds is 2. The summed E-state index contributed by atoms with van der Waals surface area (Å²) in [7, 11) is -1.49. The molecule has 0 atom stereocenters. The van der Waals surface area contributed by atoms with Crippen LogP contribution in [0.3, 0.4) is 0 Å². The number of nitrogens with zero attached hydrogens (tertiary/aromatic N) is 3. The lowest BCUT2D eigenvalue weighted by Gasteiger charge is -2.02. The minimum absolute atomic E-state index is 0.405. The van der Waals surface area contributed by atoms with Crippen LogP contribution >= 0.6 is 0 Å². The highest BCUT2D eigenvalue weighted by Gasteiger charge is 2.13. The highest BCUT2D eigenvalue weighted by molar-refractivity contribution is 6.58. The molecule has 0 aliphatic carbocycles. The van der Waals surface area contributed by atoms with E-state index in [9.17, 15) is 0 Å². The first kappa shape index (κ1) is 10.9. The predicted molar refractivity (Wildman–Crippen MR) is 68.7 cm³/mol. The van der Waals surface area contributed by atoms with E-state index in [0.717, 1.165) is 11.2 Å². The van der Waals surface area contributed by atoms with E-state index >= 15 is 0 Å². The Hall–Kier alpha value is -2.18. The van der Waals surface area contributed by atoms with Crippen LogP contribution in [0.15, 0.2) is 48.5 Å². The maximum atomic E-state index is 9.11. The van der Waals surface area contributed by atoms with Crippen molar-refractivity contribution in [1.29, 1.82) is 0 Å². The van der Waals surface area contributed by atoms with Crippen LogP contribution in [0, 0.1) is 0 Å². The summed E-state index contributed by atoms with van der Waals surface area (Å²) in [6.07, 6.45) is 0. The molecule has 0 fully saturated rings. The zero-order chi connectivity index (χ0) is 12.5. The molecule has 0 spiro atoms. The molecule has 3 rings (SSSR count). The van der Waals surface area contributed by atoms with Gasteiger partial charge < -0.3 is 10.0 Å². The normalized spacial score (nSPS) is 10.8. The summed E-state index contributed by atoms with van der Waals surface area (Å²) in [4.78, 5) is 0. The van der Waals surface area contributed by atoms with Gasteiger partial charge in [-0.1, -0.05) is 29.5 Å². The van der Waals surface area contributed by atoms with Gasteiger partial charge in [0.05, 0.1) is 11.2 Å². The Labute approximate surface area is 103 Å². The topological polar surface area (TPSA) is 71.2 Å². The second-order valence-corrected chi connectivity index (χ2v) is 3.96. The van der Waals surface area contributed by atoms with Gasteiger partial charge in [0.1, 0.15) is 5.52 Å². The van der Waals surface area contributed by atoms with Crippen LogP contribution in [0.25, 0.3) is 16.7 Å². The molecule has 3 aromatic rings. The molecule has 88 valence electrons. The highest BCUT2D eigenvalue weighted by Crippen LogP contribution is 2.14. The first-order valence-electron chi connectivity index (χ1n) is 5.52. The number of fused-ring (bicyclic) bond motifs is 1. The molecular formula is C12H10BN3O2. The third-order valence-corrected chi connectivity index (χ3v) is 2.77. The number of aromatic nitrogens is 3. The molecule has 0 saturated heterocycles. The van der Waals surface area contributed by atoms with Crippen molar-refractivity contribution >= 4 is 23.6 Å². The molecule has 0 amide bonds. The number of hydrogen-bond acceptors (Lipinski definition) is 4. The van der Waals surface area contributed by atoms with Gasteiger partial charge >= 0.3 is 7.12 Å². The van der Waals surface area contributed by atoms with Gasteiger partial charge in [-0.05, 0) is 29.7 Å². The molecule has 0 aliphatic heterocycles. The van der Waals surface area contributed by atoms with Crippen molar-refractivity contribution in [3.8, 4) is 5.69 Å². The Morgan fingerprint density at radius 1 is 1.00 bits per heavy atom. The SMILES string of the molecule is OB(O)c1ccc2c(c1)nnn2-c1ccccc1. The summed E-state index contributed by atoms with van der Waals surface area (Å²) in [5, 5.41) is 26.3. The summed E-state index contributed by atoms with van der Waals surface area (Å²) >= 11 is 0. The third-order valence-electron chi connectivity index (χ3n) is 2.77. The average molecular weight is 239 g/mol. The Morgan fingerprint density at radius 3 is 2.50 bits per heavy atom. The fraction of sp³-hybridized carbons (Fsp3) is 0. The standard InChI is InChI=1S/C12H10BN3O2/c17-13(18)9-6-7-12-11(8-9)14-15-16(12)10-4-2-1-3-5-10/h1-8,17-18H. The smallest absolute Gasteiger partial charge is 0.423 e. The van der Waals surface area contributed by atoms with Crippen LogP contribution in [0.2, 0.25) is 0 Å². The predicted octanol–water partition coefficient (Wildman–Crippen LogP) is 0.100. The summed E-state index contributed by atoms with van der Waals surface area (Å²) in [6.45, 7) is 0. The van der Waals surface area contributed by atoms with Gasteiger partial charge in [-0.2, -0.15) is 0 Å². The van der Waals surface area contributed by atoms with Crippen molar-refractivity contribution in [3.05, 3.63) is 48.5 Å². The van der Waals surface area contributed by atoms with E-state index in [1.807, 2.05) is 30.3 Å². The largest absolute Gasteiger partial charge is 0.488 e. The Balaban J connectivity index is 2.16. The van der Waals surface area contributed by atoms with E-state index < -0.39 is 7.12 Å². The molecule has 2 N–H and O–H groups in total. The quantitative estimate of drug-likeness (QED) is 0.622. The Kier molecular flexibility index (Phi) is 2.58. The molecule has 0 aliphatic rings. The van der Waals surface area contributed by atoms with Crippen molar-refractivity contribution < 1.29 is 10.0 Å². The summed E-state index contributed by atoms with van der Waals surface area (Å²) < 4.78 is 1.71. The number of para-hydroxylation sites is 1. The van der Waals surface area contributed by atoms with Crippen LogP contribution in [0.1, 0.15) is 0 Å². The number of benzene rings is 2. The van der Waals surface area contributed by atoms with Gasteiger partial charge in [0.2, 0.25) is 0 Å². The van der Waals surface area contributed by atoms with E-state index in [2.05, 4.69) is 10.3 Å². The van der Waals surface area contributed by atoms with Gasteiger partial charge in [-0.3, -0.25) is 0 Å². The summed E-state index contributed by atoms with van der Waals surface area (Å²) in [6, 6.07) is 14.7. The molecule has 0 bridgehead atoms. The van der Waals surface area contributed by atoms with Crippen LogP contribution in [0.5, 0.6) is 0 Å². The van der Waals surface area contributed by atoms with E-state index in [0.29, 0.717) is 11.0 Å². The van der Waals surface area contributed by atoms with Crippen molar-refractivity contribution in [3.63, 3.8) is 0 Å². The zero-order valence-electron chi connectivity index (χ0n) is 9.43. The molecule has 5 nitrogen and oxygen atoms in total. The molecule has 2 aromatic carbocycles. The molecule has 1 aromatic heterocycles. The molecule has 0 saturated carbocycles. The first-order chi connectivity index (χ1) is 8.75. The maximum Gasteiger partial charge on any atom is 0.488 e. The van der Waals surface area contributed by atoms with Crippen LogP contribution in [-0.4, -0.2) is 32.2 Å². The van der Waals surface area contributed by atoms with E-state index in [1.165, 1.54) is 0 Å². The summed E-state index contributed by atoms with van der Waals surface area (Å²) in [5.74, 6) is 0. The molecule has 6 heteroatoms. The van der Waals surface area contributed by atoms with Crippen molar-refractivity contribution in [2.24, 2.45) is 0 Å². The van der Waals surface area contributed by atoms with Crippen LogP contribution in [0.4, 0.5) is 0 Å². The second kappa shape index (κ2) is 4.25. The first-order valence-corrected chi connectivity index (χ1v) is 5.52. The van der Waals surface area contributed by atoms with Gasteiger partial charge in [-0.25, -0.2) is 4.68 Å². The van der Waals surface area contributed by atoms with E-state index in [-0.39, 0.29) is 0 Å². The average Bonchev–Trinajstić information content (AvgIpc) is 2.82. The van der Waals surface area contributed by atoms with E-state index in [4.69, 9.17) is 10.0 Å². The fourth-order valence-corrected chi connectivity index (χ4v) is 1.86. The monoisotopic (exact) mass is 239 g/mol. The summed E-state index contributed by atoms with van der Waals surface area (Å²) in [5.41, 5.74) is 2.77. The van der Waals surface area contributed by atoms with Gasteiger partial charge in [-0.15, -0.1) is 5.10 Å². The lowest BCUT2D eigenvalue weighted by Crippen LogP contribution is -2.29. The third kappa shape index (κ3) is 1.77. The highest BCUT2D eigenvalue weighted by atomic mass is 16.4. The minimum atomic E-state index is -1.49. The van der Waals surface area contributed by atoms with Crippen molar-refractivity contribution in [1.82, 2.24) is 15.0 Å². The molecule has 0 radical (unpaired) electrons. The lowest BCUT2D eigenvalue weighted by atomic mass is 9.80. The Morgan fingerprint density at radius 2 is 1.78 bits per heavy atom. The zero-order valence-corrected chi connectivity index (χ0v) is 9.43. The van der Waals surface area contributed by atoms with Crippen molar-refractivity contribution in [2.75, 3.05) is 0 Å². The van der Waals surface area contributed by atoms with Crippen molar-refractivity contribution in [2.45, 2.75) is 0 Å². The van der Waals surface area contributed by atoms with E-state index in [1.54, 1.807) is 22.9 Å². The van der Waals surface area contributed by atoms with Gasteiger partial charge in [0.25, 0.3) is 0 Å². The van der Waals surface area contributed by atoms with Gasteiger partial charge in [0, 0.05) is 0 Å². The molecule has 0 unspecified atom stereocenters. The number of hydrogen-bond donors (Lipinski definition) is 2. The van der Waals surface area contributed by atoms with Crippen LogP contribution < -0.4 is 5.46 Å².